The zero-order valence-corrected chi connectivity index (χ0v) is 6.05. The van der Waals surface area contributed by atoms with Crippen LogP contribution in [0.2, 0.25) is 0 Å². The number of furan rings is 1. The summed E-state index contributed by atoms with van der Waals surface area (Å²) in [5, 5.41) is 0. The van der Waals surface area contributed by atoms with Gasteiger partial charge < -0.3 is 10.2 Å². The van der Waals surface area contributed by atoms with Crippen LogP contribution in [0.3, 0.4) is 0 Å². The standard InChI is InChI=1S/C5H7NO.C3H6/c6-4-5-2-1-3-7-5;1-2-3-1/h1-3H,4,6H2;1-3H2. The Morgan fingerprint density at radius 1 is 1.40 bits per heavy atom. The zero-order chi connectivity index (χ0) is 7.23. The summed E-state index contributed by atoms with van der Waals surface area (Å²) < 4.78 is 4.86. The predicted octanol–water partition coefficient (Wildman–Crippen LogP) is 1.91. The maximum absolute atomic E-state index is 5.20. The fourth-order valence-electron chi connectivity index (χ4n) is 0.429. The minimum absolute atomic E-state index is 0.493. The molecule has 0 spiro atoms. The van der Waals surface area contributed by atoms with Crippen molar-refractivity contribution in [2.24, 2.45) is 5.73 Å². The Morgan fingerprint density at radius 3 is 2.30 bits per heavy atom. The molecular weight excluding hydrogens is 126 g/mol. The normalized spacial score (nSPS) is 13.7. The first kappa shape index (κ1) is 7.35. The fourth-order valence-corrected chi connectivity index (χ4v) is 0.429. The van der Waals surface area contributed by atoms with E-state index in [9.17, 15) is 0 Å². The van der Waals surface area contributed by atoms with Gasteiger partial charge in [0, 0.05) is 0 Å². The molecule has 0 saturated heterocycles. The van der Waals surface area contributed by atoms with Gasteiger partial charge in [-0.1, -0.05) is 19.3 Å². The highest BCUT2D eigenvalue weighted by Gasteiger charge is 1.95. The smallest absolute Gasteiger partial charge is 0.117 e. The van der Waals surface area contributed by atoms with Gasteiger partial charge in [-0.2, -0.15) is 0 Å². The molecule has 0 aromatic carbocycles. The lowest BCUT2D eigenvalue weighted by Gasteiger charge is -1.80. The molecule has 0 amide bonds. The fraction of sp³-hybridized carbons (Fsp3) is 0.500. The third-order valence-corrected chi connectivity index (χ3v) is 1.13. The second kappa shape index (κ2) is 4.12. The monoisotopic (exact) mass is 139 g/mol. The van der Waals surface area contributed by atoms with E-state index in [0.29, 0.717) is 6.54 Å². The van der Waals surface area contributed by atoms with Crippen molar-refractivity contribution in [3.63, 3.8) is 0 Å². The Labute approximate surface area is 61.0 Å². The van der Waals surface area contributed by atoms with E-state index in [0.717, 1.165) is 5.76 Å². The first-order valence-corrected chi connectivity index (χ1v) is 3.66. The predicted molar refractivity (Wildman–Crippen MR) is 40.5 cm³/mol. The molecule has 2 N–H and O–H groups in total. The first-order chi connectivity index (χ1) is 4.93. The largest absolute Gasteiger partial charge is 0.468 e. The van der Waals surface area contributed by atoms with Gasteiger partial charge in [-0.15, -0.1) is 0 Å². The van der Waals surface area contributed by atoms with Crippen LogP contribution in [-0.2, 0) is 6.54 Å². The minimum Gasteiger partial charge on any atom is -0.468 e. The van der Waals surface area contributed by atoms with Gasteiger partial charge >= 0.3 is 0 Å². The van der Waals surface area contributed by atoms with Crippen molar-refractivity contribution in [1.82, 2.24) is 0 Å². The lowest BCUT2D eigenvalue weighted by molar-refractivity contribution is 0.512. The molecular formula is C8H13NO. The van der Waals surface area contributed by atoms with Crippen LogP contribution in [0.15, 0.2) is 22.8 Å². The molecule has 10 heavy (non-hydrogen) atoms. The van der Waals surface area contributed by atoms with Crippen molar-refractivity contribution >= 4 is 0 Å². The highest BCUT2D eigenvalue weighted by molar-refractivity contribution is 4.96. The van der Waals surface area contributed by atoms with Crippen molar-refractivity contribution in [3.05, 3.63) is 24.2 Å². The SMILES string of the molecule is C1CC1.NCc1ccco1. The van der Waals surface area contributed by atoms with E-state index in [-0.39, 0.29) is 0 Å². The highest BCUT2D eigenvalue weighted by atomic mass is 16.3. The summed E-state index contributed by atoms with van der Waals surface area (Å²) in [5.74, 6) is 0.833. The Kier molecular flexibility index (Phi) is 3.03. The lowest BCUT2D eigenvalue weighted by atomic mass is 10.5. The van der Waals surface area contributed by atoms with E-state index in [1.807, 2.05) is 12.1 Å². The van der Waals surface area contributed by atoms with E-state index in [4.69, 9.17) is 10.2 Å². The van der Waals surface area contributed by atoms with Crippen molar-refractivity contribution in [1.29, 1.82) is 0 Å². The summed E-state index contributed by atoms with van der Waals surface area (Å²) in [6.07, 6.45) is 6.11. The molecule has 2 nitrogen and oxygen atoms in total. The number of hydrogen-bond donors (Lipinski definition) is 1. The van der Waals surface area contributed by atoms with Crippen LogP contribution in [0, 0.1) is 0 Å². The average molecular weight is 139 g/mol. The van der Waals surface area contributed by atoms with Crippen LogP contribution < -0.4 is 5.73 Å². The second-order valence-electron chi connectivity index (χ2n) is 2.34. The van der Waals surface area contributed by atoms with E-state index in [1.165, 1.54) is 19.3 Å². The van der Waals surface area contributed by atoms with Gasteiger partial charge in [0.15, 0.2) is 0 Å². The Hall–Kier alpha value is -0.760. The van der Waals surface area contributed by atoms with Crippen molar-refractivity contribution in [2.45, 2.75) is 25.8 Å². The molecule has 1 aliphatic carbocycles. The van der Waals surface area contributed by atoms with Gasteiger partial charge in [-0.05, 0) is 12.1 Å². The molecule has 0 bridgehead atoms. The quantitative estimate of drug-likeness (QED) is 0.645. The van der Waals surface area contributed by atoms with Gasteiger partial charge in [-0.25, -0.2) is 0 Å². The van der Waals surface area contributed by atoms with Gasteiger partial charge in [-0.3, -0.25) is 0 Å². The van der Waals surface area contributed by atoms with Crippen LogP contribution in [0.25, 0.3) is 0 Å². The van der Waals surface area contributed by atoms with Gasteiger partial charge in [0.2, 0.25) is 0 Å². The molecule has 2 heteroatoms. The minimum atomic E-state index is 0.493. The van der Waals surface area contributed by atoms with Crippen LogP contribution in [-0.4, -0.2) is 0 Å². The van der Waals surface area contributed by atoms with Crippen LogP contribution in [0.4, 0.5) is 0 Å². The summed E-state index contributed by atoms with van der Waals surface area (Å²) in [4.78, 5) is 0. The molecule has 0 unspecified atom stereocenters. The molecule has 1 aromatic rings. The highest BCUT2D eigenvalue weighted by Crippen LogP contribution is 2.14. The molecule has 0 aliphatic heterocycles. The molecule has 56 valence electrons. The maximum Gasteiger partial charge on any atom is 0.117 e. The van der Waals surface area contributed by atoms with Gasteiger partial charge in [0.05, 0.1) is 12.8 Å². The Bertz CT molecular complexity index is 153. The third kappa shape index (κ3) is 3.30. The number of nitrogens with two attached hydrogens (primary N) is 1. The Balaban J connectivity index is 0.000000138. The van der Waals surface area contributed by atoms with Crippen LogP contribution in [0.1, 0.15) is 25.0 Å². The first-order valence-electron chi connectivity index (χ1n) is 3.66. The lowest BCUT2D eigenvalue weighted by Crippen LogP contribution is -1.92. The summed E-state index contributed by atoms with van der Waals surface area (Å²) in [5.41, 5.74) is 5.20. The number of rotatable bonds is 1. The van der Waals surface area contributed by atoms with E-state index < -0.39 is 0 Å². The second-order valence-corrected chi connectivity index (χ2v) is 2.34. The molecule has 1 heterocycles. The summed E-state index contributed by atoms with van der Waals surface area (Å²) >= 11 is 0. The third-order valence-electron chi connectivity index (χ3n) is 1.13. The van der Waals surface area contributed by atoms with E-state index in [1.54, 1.807) is 6.26 Å². The molecule has 0 atom stereocenters. The van der Waals surface area contributed by atoms with Crippen molar-refractivity contribution < 1.29 is 4.42 Å². The topological polar surface area (TPSA) is 39.2 Å². The van der Waals surface area contributed by atoms with Gasteiger partial charge in [0.1, 0.15) is 5.76 Å². The van der Waals surface area contributed by atoms with Crippen LogP contribution in [0.5, 0.6) is 0 Å². The molecule has 1 aliphatic rings. The van der Waals surface area contributed by atoms with Crippen molar-refractivity contribution in [2.75, 3.05) is 0 Å². The Morgan fingerprint density at radius 2 is 2.10 bits per heavy atom. The van der Waals surface area contributed by atoms with Gasteiger partial charge in [0.25, 0.3) is 0 Å². The van der Waals surface area contributed by atoms with Crippen LogP contribution >= 0.6 is 0 Å². The van der Waals surface area contributed by atoms with E-state index in [2.05, 4.69) is 0 Å². The molecule has 0 radical (unpaired) electrons. The molecule has 1 fully saturated rings. The summed E-state index contributed by atoms with van der Waals surface area (Å²) in [7, 11) is 0. The maximum atomic E-state index is 5.20. The molecule has 1 aromatic heterocycles. The summed E-state index contributed by atoms with van der Waals surface area (Å²) in [6.45, 7) is 0.493. The van der Waals surface area contributed by atoms with Crippen molar-refractivity contribution in [3.8, 4) is 0 Å². The molecule has 1 saturated carbocycles. The number of hydrogen-bond acceptors (Lipinski definition) is 2. The van der Waals surface area contributed by atoms with E-state index >= 15 is 0 Å². The average Bonchev–Trinajstić information content (AvgIpc) is 2.75. The summed E-state index contributed by atoms with van der Waals surface area (Å²) in [6, 6.07) is 3.67. The molecule has 2 rings (SSSR count). The zero-order valence-electron chi connectivity index (χ0n) is 6.05.